The number of unbranched alkanes of at least 4 members (excludes halogenated alkanes) is 19. The van der Waals surface area contributed by atoms with E-state index in [1.807, 2.05) is 5.43 Å². The van der Waals surface area contributed by atoms with Crippen LogP contribution in [-0.4, -0.2) is 106 Å². The van der Waals surface area contributed by atoms with E-state index in [0.29, 0.717) is 13.0 Å². The van der Waals surface area contributed by atoms with Gasteiger partial charge in [-0.3, -0.25) is 10.4 Å². The number of nitrogens with zero attached hydrogens (tertiary/aromatic N) is 1. The highest BCUT2D eigenvalue weighted by molar-refractivity contribution is 5.72. The van der Waals surface area contributed by atoms with Crippen LogP contribution in [0.25, 0.3) is 0 Å². The summed E-state index contributed by atoms with van der Waals surface area (Å²) in [6.45, 7) is 4.45. The molecule has 0 radical (unpaired) electrons. The molecule has 2 amide bonds. The summed E-state index contributed by atoms with van der Waals surface area (Å²) in [4.78, 5) is 11.1. The van der Waals surface area contributed by atoms with Crippen LogP contribution >= 0.6 is 0 Å². The molecule has 316 valence electrons. The summed E-state index contributed by atoms with van der Waals surface area (Å²) >= 11 is 0. The van der Waals surface area contributed by atoms with Crippen molar-refractivity contribution in [2.24, 2.45) is 17.6 Å². The zero-order valence-electron chi connectivity index (χ0n) is 33.4. The molecular weight excluding hydrogens is 680 g/mol. The Bertz CT molecular complexity index is 825. The van der Waals surface area contributed by atoms with E-state index >= 15 is 0 Å². The van der Waals surface area contributed by atoms with Gasteiger partial charge in [-0.15, -0.1) is 0 Å². The molecule has 2 saturated heterocycles. The smallest absolute Gasteiger partial charge is 0.345 e. The van der Waals surface area contributed by atoms with Crippen LogP contribution in [0.3, 0.4) is 0 Å². The van der Waals surface area contributed by atoms with Crippen molar-refractivity contribution in [1.29, 1.82) is 0 Å². The molecule has 2 rings (SSSR count). The summed E-state index contributed by atoms with van der Waals surface area (Å²) in [5, 5.41) is 49.8. The third-order valence-corrected chi connectivity index (χ3v) is 10.7. The van der Waals surface area contributed by atoms with E-state index in [0.717, 1.165) is 56.2 Å². The first-order chi connectivity index (χ1) is 25.7. The van der Waals surface area contributed by atoms with Crippen LogP contribution < -0.4 is 17.1 Å². The molecule has 2 aliphatic rings. The number of carbonyl (C=O) groups excluding carboxylic acids is 1. The van der Waals surface area contributed by atoms with Crippen molar-refractivity contribution in [3.05, 3.63) is 0 Å². The Morgan fingerprint density at radius 3 is 1.79 bits per heavy atom. The molecule has 2 heterocycles. The minimum atomic E-state index is -1.44. The number of aliphatic hydroxyl groups excluding tert-OH is 5. The van der Waals surface area contributed by atoms with Crippen LogP contribution in [-0.2, 0) is 14.2 Å². The number of hydrogen-bond donors (Lipinski definition) is 8. The molecule has 0 spiro atoms. The second-order valence-corrected chi connectivity index (χ2v) is 15.4. The van der Waals surface area contributed by atoms with Crippen molar-refractivity contribution in [2.45, 2.75) is 211 Å². The Kier molecular flexibility index (Phi) is 32.1. The summed E-state index contributed by atoms with van der Waals surface area (Å²) in [5.74, 6) is 11.4. The maximum Gasteiger partial charge on any atom is 0.345 e. The fourth-order valence-corrected chi connectivity index (χ4v) is 7.06. The van der Waals surface area contributed by atoms with Gasteiger partial charge >= 0.3 is 6.03 Å². The van der Waals surface area contributed by atoms with Crippen LogP contribution in [0.4, 0.5) is 4.79 Å². The standard InChI is InChI=1S/C24H48O7.C16H34N4O2/c1-2-3-4-5-6-7-8-9-10-11-12-13-14-15-19(26)16-17-30-24-23(29)22(28)21(27)20(18-25)31-24;17-19-16(21)20(18)12-8-6-4-2-1-3-5-7-9-15-10-13-22-14-11-15/h19-29H,2-18H2,1H3;15H,1-14,17-18H2,(H,19,21). The maximum atomic E-state index is 11.1. The molecule has 0 saturated carbocycles. The largest absolute Gasteiger partial charge is 0.394 e. The van der Waals surface area contributed by atoms with Crippen molar-refractivity contribution in [1.82, 2.24) is 10.4 Å². The third-order valence-electron chi connectivity index (χ3n) is 10.7. The fourth-order valence-electron chi connectivity index (χ4n) is 7.06. The average molecular weight is 763 g/mol. The second kappa shape index (κ2) is 34.1. The molecule has 0 aromatic rings. The Balaban J connectivity index is 0.000000561. The van der Waals surface area contributed by atoms with Gasteiger partial charge < -0.3 is 39.7 Å². The molecular formula is C40H82N4O9. The maximum absolute atomic E-state index is 11.1. The predicted molar refractivity (Wildman–Crippen MR) is 209 cm³/mol. The Morgan fingerprint density at radius 1 is 0.755 bits per heavy atom. The molecule has 0 aromatic carbocycles. The van der Waals surface area contributed by atoms with Crippen LogP contribution in [0, 0.1) is 5.92 Å². The van der Waals surface area contributed by atoms with Gasteiger partial charge in [-0.1, -0.05) is 142 Å². The first-order valence-corrected chi connectivity index (χ1v) is 21.5. The molecule has 53 heavy (non-hydrogen) atoms. The molecule has 0 bridgehead atoms. The van der Waals surface area contributed by atoms with Crippen LogP contribution in [0.15, 0.2) is 0 Å². The minimum Gasteiger partial charge on any atom is -0.394 e. The highest BCUT2D eigenvalue weighted by Gasteiger charge is 2.44. The Morgan fingerprint density at radius 2 is 1.26 bits per heavy atom. The Labute approximate surface area is 321 Å². The molecule has 6 atom stereocenters. The van der Waals surface area contributed by atoms with Crippen molar-refractivity contribution in [3.8, 4) is 0 Å². The van der Waals surface area contributed by atoms with Gasteiger partial charge in [-0.25, -0.2) is 16.5 Å². The van der Waals surface area contributed by atoms with Crippen molar-refractivity contribution >= 4 is 6.03 Å². The number of hydrogen-bond acceptors (Lipinski definition) is 11. The summed E-state index contributed by atoms with van der Waals surface area (Å²) < 4.78 is 16.1. The molecule has 0 aromatic heterocycles. The molecule has 6 unspecified atom stereocenters. The predicted octanol–water partition coefficient (Wildman–Crippen LogP) is 5.72. The quantitative estimate of drug-likeness (QED) is 0.0192. The van der Waals surface area contributed by atoms with Gasteiger partial charge in [0, 0.05) is 19.8 Å². The number of amides is 2. The highest BCUT2D eigenvalue weighted by Crippen LogP contribution is 2.23. The topological polar surface area (TPSA) is 213 Å². The number of aliphatic hydroxyl groups is 5. The SMILES string of the molecule is CCCCCCCCCCCCCCCC(O)CCOC1OC(CO)C(O)C(O)C1O.NNC(=O)N(N)CCCCCCCCCCC1CCOCC1. The number of rotatable bonds is 30. The third kappa shape index (κ3) is 25.6. The number of hydrazine groups is 2. The van der Waals surface area contributed by atoms with Gasteiger partial charge in [0.05, 0.1) is 19.3 Å². The summed E-state index contributed by atoms with van der Waals surface area (Å²) in [5.41, 5.74) is 2.02. The first-order valence-electron chi connectivity index (χ1n) is 21.5. The molecule has 2 aliphatic heterocycles. The lowest BCUT2D eigenvalue weighted by molar-refractivity contribution is -0.301. The summed E-state index contributed by atoms with van der Waals surface area (Å²) in [6, 6.07) is -0.426. The van der Waals surface area contributed by atoms with E-state index in [9.17, 15) is 30.3 Å². The zero-order valence-corrected chi connectivity index (χ0v) is 33.4. The lowest BCUT2D eigenvalue weighted by atomic mass is 9.93. The number of carbonyl (C=O) groups is 1. The number of urea groups is 1. The molecule has 10 N–H and O–H groups in total. The molecule has 13 heteroatoms. The van der Waals surface area contributed by atoms with Crippen molar-refractivity contribution < 1.29 is 44.5 Å². The van der Waals surface area contributed by atoms with Crippen molar-refractivity contribution in [3.63, 3.8) is 0 Å². The van der Waals surface area contributed by atoms with Gasteiger partial charge in [0.15, 0.2) is 6.29 Å². The normalized spacial score (nSPS) is 22.6. The van der Waals surface area contributed by atoms with Crippen molar-refractivity contribution in [2.75, 3.05) is 33.0 Å². The van der Waals surface area contributed by atoms with E-state index in [1.54, 1.807) is 0 Å². The molecule has 0 aliphatic carbocycles. The summed E-state index contributed by atoms with van der Waals surface area (Å²) in [7, 11) is 0. The van der Waals surface area contributed by atoms with E-state index < -0.39 is 49.4 Å². The minimum absolute atomic E-state index is 0.169. The molecule has 2 fully saturated rings. The Hall–Kier alpha value is -1.13. The van der Waals surface area contributed by atoms with E-state index in [2.05, 4.69) is 6.92 Å². The van der Waals surface area contributed by atoms with E-state index in [1.165, 1.54) is 128 Å². The second-order valence-electron chi connectivity index (χ2n) is 15.4. The van der Waals surface area contributed by atoms with Gasteiger partial charge in [0.2, 0.25) is 0 Å². The first kappa shape index (κ1) is 49.9. The van der Waals surface area contributed by atoms with Gasteiger partial charge in [-0.2, -0.15) is 0 Å². The zero-order chi connectivity index (χ0) is 38.9. The van der Waals surface area contributed by atoms with Crippen LogP contribution in [0.1, 0.15) is 174 Å². The monoisotopic (exact) mass is 763 g/mol. The van der Waals surface area contributed by atoms with Gasteiger partial charge in [-0.05, 0) is 38.0 Å². The van der Waals surface area contributed by atoms with Gasteiger partial charge in [0.1, 0.15) is 24.4 Å². The number of ether oxygens (including phenoxy) is 3. The number of nitrogens with one attached hydrogen (secondary N) is 1. The van der Waals surface area contributed by atoms with Gasteiger partial charge in [0.25, 0.3) is 0 Å². The average Bonchev–Trinajstić information content (AvgIpc) is 3.17. The lowest BCUT2D eigenvalue weighted by Gasteiger charge is -2.39. The number of nitrogens with two attached hydrogens (primary N) is 2. The summed E-state index contributed by atoms with van der Waals surface area (Å²) in [6.07, 6.45) is 25.1. The lowest BCUT2D eigenvalue weighted by Crippen LogP contribution is -2.59. The highest BCUT2D eigenvalue weighted by atomic mass is 16.7. The van der Waals surface area contributed by atoms with E-state index in [-0.39, 0.29) is 6.61 Å². The van der Waals surface area contributed by atoms with Crippen LogP contribution in [0.2, 0.25) is 0 Å². The van der Waals surface area contributed by atoms with Crippen LogP contribution in [0.5, 0.6) is 0 Å². The molecule has 13 nitrogen and oxygen atoms in total. The van der Waals surface area contributed by atoms with E-state index in [4.69, 9.17) is 25.9 Å². The fraction of sp³-hybridized carbons (Fsp3) is 0.975.